The van der Waals surface area contributed by atoms with E-state index in [-0.39, 0.29) is 51.2 Å². The second-order valence-corrected chi connectivity index (χ2v) is 16.9. The number of benzene rings is 1. The van der Waals surface area contributed by atoms with Crippen LogP contribution in [-0.2, 0) is 49.5 Å². The fourth-order valence-electron chi connectivity index (χ4n) is 8.41. The SMILES string of the molecule is CC[C@H]1OC(=O)[C@H](C)C(=O)[C@H](C)[C@@H](O[C@@H]2O[C@H](C)C[C@H](N(C)C)[C@H]2O)[C@@]2(C)C[C@@H](C)C(=NC(C)=O)C[C@@H](OC/C(=N/OCc3cnc4ccccc4c3)CO2)[C@]1(C)O. The number of amides is 1. The Morgan fingerprint density at radius 2 is 1.83 bits per heavy atom. The highest BCUT2D eigenvalue weighted by Gasteiger charge is 2.51. The van der Waals surface area contributed by atoms with Crippen LogP contribution in [0.1, 0.15) is 86.6 Å². The van der Waals surface area contributed by atoms with E-state index in [4.69, 9.17) is 28.5 Å². The fraction of sp³-hybridized carbons (Fsp3) is 0.674. The zero-order valence-electron chi connectivity index (χ0n) is 35.5. The molecule has 3 aliphatic heterocycles. The Bertz CT molecular complexity index is 1830. The summed E-state index contributed by atoms with van der Waals surface area (Å²) in [6.07, 6.45) is -3.29. The third kappa shape index (κ3) is 10.5. The number of hydrogen-bond donors (Lipinski definition) is 2. The lowest BCUT2D eigenvalue weighted by Crippen LogP contribution is -2.59. The Morgan fingerprint density at radius 1 is 1.10 bits per heavy atom. The molecular weight excluding hydrogens is 748 g/mol. The maximum absolute atomic E-state index is 14.5. The van der Waals surface area contributed by atoms with Crippen molar-refractivity contribution in [3.63, 3.8) is 0 Å². The summed E-state index contributed by atoms with van der Waals surface area (Å²) in [4.78, 5) is 57.7. The van der Waals surface area contributed by atoms with Gasteiger partial charge in [-0.2, -0.15) is 0 Å². The van der Waals surface area contributed by atoms with E-state index in [0.29, 0.717) is 17.8 Å². The summed E-state index contributed by atoms with van der Waals surface area (Å²) in [5.41, 5.74) is -0.855. The van der Waals surface area contributed by atoms with Crippen molar-refractivity contribution in [1.29, 1.82) is 0 Å². The number of cyclic esters (lactones) is 1. The Morgan fingerprint density at radius 3 is 2.52 bits per heavy atom. The number of likely N-dealkylation sites (N-methyl/N-ethyl adjacent to an activating group) is 1. The van der Waals surface area contributed by atoms with Gasteiger partial charge in [-0.3, -0.25) is 19.4 Å². The van der Waals surface area contributed by atoms with Crippen LogP contribution >= 0.6 is 0 Å². The fourth-order valence-corrected chi connectivity index (χ4v) is 8.41. The Hall–Kier alpha value is -3.70. The van der Waals surface area contributed by atoms with Gasteiger partial charge in [-0.05, 0) is 79.1 Å². The first-order valence-corrected chi connectivity index (χ1v) is 20.3. The van der Waals surface area contributed by atoms with E-state index in [1.165, 1.54) is 20.8 Å². The molecular formula is C43H62N4O11. The molecule has 1 aromatic carbocycles. The molecule has 0 aliphatic carbocycles. The van der Waals surface area contributed by atoms with E-state index in [2.05, 4.69) is 15.1 Å². The predicted molar refractivity (Wildman–Crippen MR) is 216 cm³/mol. The lowest BCUT2D eigenvalue weighted by molar-refractivity contribution is -0.296. The number of aliphatic hydroxyl groups excluding tert-OH is 1. The standard InChI is InChI=1S/C43H62N4O11/c1-11-35-43(8,52)36-18-33(45-28(6)48)24(2)19-42(7,54-23-31(22-53-36)46-55-21-29-17-30-14-12-13-15-32(30)44-20-29)39(26(4)37(49)27(5)40(51)57-35)58-41-38(50)34(47(9)10)16-25(3)56-41/h12-15,17,20,24-27,34-36,38-39,41,50,52H,11,16,18-19,21-23H2,1-10H3/b45-33?,46-31-/t24-,25-,26+,27-,34+,35-,36-,38-,39-,41+,42-,43-/m1/s1. The van der Waals surface area contributed by atoms with E-state index in [1.807, 2.05) is 63.2 Å². The molecule has 0 radical (unpaired) electrons. The van der Waals surface area contributed by atoms with Crippen LogP contribution in [0.25, 0.3) is 10.9 Å². The number of Topliss-reactive ketones (excluding diaryl/α,β-unsaturated/α-hetero) is 1. The Balaban J connectivity index is 1.63. The van der Waals surface area contributed by atoms with Gasteiger partial charge in [0.1, 0.15) is 36.0 Å². The molecule has 58 heavy (non-hydrogen) atoms. The van der Waals surface area contributed by atoms with Crippen LogP contribution < -0.4 is 0 Å². The number of rotatable bonds is 7. The van der Waals surface area contributed by atoms with Crippen LogP contribution in [0.2, 0.25) is 0 Å². The molecule has 4 heterocycles. The van der Waals surface area contributed by atoms with E-state index in [1.54, 1.807) is 27.0 Å². The number of carbonyl (C=O) groups excluding carboxylic acids is 3. The average Bonchev–Trinajstić information content (AvgIpc) is 3.19. The molecule has 1 amide bonds. The van der Waals surface area contributed by atoms with Crippen molar-refractivity contribution < 1.29 is 53.1 Å². The number of hydrogen-bond acceptors (Lipinski definition) is 14. The van der Waals surface area contributed by atoms with Crippen molar-refractivity contribution in [2.24, 2.45) is 27.9 Å². The lowest BCUT2D eigenvalue weighted by atomic mass is 9.76. The Kier molecular flexibility index (Phi) is 15.0. The highest BCUT2D eigenvalue weighted by Crippen LogP contribution is 2.39. The number of aliphatic hydroxyl groups is 2. The van der Waals surface area contributed by atoms with Gasteiger partial charge in [0.05, 0.1) is 42.6 Å². The smallest absolute Gasteiger partial charge is 0.316 e. The number of pyridine rings is 1. The van der Waals surface area contributed by atoms with Crippen molar-refractivity contribution in [1.82, 2.24) is 9.88 Å². The van der Waals surface area contributed by atoms with E-state index >= 15 is 0 Å². The van der Waals surface area contributed by atoms with Crippen LogP contribution in [0.5, 0.6) is 0 Å². The molecule has 3 fully saturated rings. The number of ketones is 1. The van der Waals surface area contributed by atoms with E-state index in [0.717, 1.165) is 16.5 Å². The summed E-state index contributed by atoms with van der Waals surface area (Å²) in [7, 11) is 3.73. The molecule has 0 unspecified atom stereocenters. The number of fused-ring (bicyclic) bond motifs is 6. The van der Waals surface area contributed by atoms with Gasteiger partial charge >= 0.3 is 5.97 Å². The molecule has 5 rings (SSSR count). The number of nitrogens with zero attached hydrogens (tertiary/aromatic N) is 4. The molecule has 3 aliphatic rings. The third-order valence-corrected chi connectivity index (χ3v) is 11.8. The number of esters is 1. The minimum Gasteiger partial charge on any atom is -0.459 e. The summed E-state index contributed by atoms with van der Waals surface area (Å²) >= 11 is 0. The maximum atomic E-state index is 14.5. The largest absolute Gasteiger partial charge is 0.459 e. The van der Waals surface area contributed by atoms with Crippen molar-refractivity contribution >= 4 is 40.0 Å². The molecule has 320 valence electrons. The summed E-state index contributed by atoms with van der Waals surface area (Å²) in [5, 5.41) is 29.3. The van der Waals surface area contributed by atoms with E-state index in [9.17, 15) is 24.6 Å². The molecule has 15 heteroatoms. The van der Waals surface area contributed by atoms with Crippen LogP contribution in [0.15, 0.2) is 46.7 Å². The van der Waals surface area contributed by atoms with Gasteiger partial charge in [0.2, 0.25) is 5.91 Å². The summed E-state index contributed by atoms with van der Waals surface area (Å²) in [6.45, 7) is 13.0. The average molecular weight is 811 g/mol. The maximum Gasteiger partial charge on any atom is 0.316 e. The predicted octanol–water partition coefficient (Wildman–Crippen LogP) is 4.42. The lowest BCUT2D eigenvalue weighted by Gasteiger charge is -2.47. The van der Waals surface area contributed by atoms with Gasteiger partial charge in [-0.25, -0.2) is 4.99 Å². The topological polar surface area (TPSA) is 188 Å². The van der Waals surface area contributed by atoms with Crippen molar-refractivity contribution in [3.05, 3.63) is 42.1 Å². The van der Waals surface area contributed by atoms with Crippen LogP contribution in [0, 0.1) is 17.8 Å². The molecule has 3 saturated heterocycles. The van der Waals surface area contributed by atoms with Gasteiger partial charge < -0.3 is 43.6 Å². The highest BCUT2D eigenvalue weighted by atomic mass is 16.7. The molecule has 2 bridgehead atoms. The van der Waals surface area contributed by atoms with Gasteiger partial charge in [-0.1, -0.05) is 44.1 Å². The monoisotopic (exact) mass is 810 g/mol. The minimum absolute atomic E-state index is 0.0170. The minimum atomic E-state index is -1.82. The van der Waals surface area contributed by atoms with Crippen LogP contribution in [-0.4, -0.2) is 131 Å². The summed E-state index contributed by atoms with van der Waals surface area (Å²) in [5.74, 6) is -4.54. The number of oxime groups is 1. The van der Waals surface area contributed by atoms with Crippen LogP contribution in [0.3, 0.4) is 0 Å². The summed E-state index contributed by atoms with van der Waals surface area (Å²) in [6, 6.07) is 9.38. The molecule has 1 aromatic heterocycles. The molecule has 2 aromatic rings. The molecule has 12 atom stereocenters. The normalized spacial score (nSPS) is 37.3. The van der Waals surface area contributed by atoms with Gasteiger partial charge in [0.25, 0.3) is 0 Å². The number of ether oxygens (including phenoxy) is 5. The van der Waals surface area contributed by atoms with Gasteiger partial charge in [0, 0.05) is 48.2 Å². The first kappa shape index (κ1) is 45.4. The molecule has 15 nitrogen and oxygen atoms in total. The number of carbonyl (C=O) groups is 3. The first-order valence-electron chi connectivity index (χ1n) is 20.3. The number of aliphatic imine (C=N–C) groups is 1. The number of para-hydroxylation sites is 1. The van der Waals surface area contributed by atoms with Crippen molar-refractivity contribution in [2.75, 3.05) is 27.3 Å². The summed E-state index contributed by atoms with van der Waals surface area (Å²) < 4.78 is 32.3. The van der Waals surface area contributed by atoms with Crippen molar-refractivity contribution in [3.8, 4) is 0 Å². The Labute approximate surface area is 341 Å². The second-order valence-electron chi connectivity index (χ2n) is 16.9. The van der Waals surface area contributed by atoms with Crippen LogP contribution in [0.4, 0.5) is 0 Å². The molecule has 0 saturated carbocycles. The quantitative estimate of drug-likeness (QED) is 0.228. The highest BCUT2D eigenvalue weighted by molar-refractivity contribution is 6.00. The van der Waals surface area contributed by atoms with Gasteiger partial charge in [-0.15, -0.1) is 0 Å². The molecule has 2 N–H and O–H groups in total. The molecule has 0 spiro atoms. The zero-order valence-corrected chi connectivity index (χ0v) is 35.5. The first-order chi connectivity index (χ1) is 27.3. The third-order valence-electron chi connectivity index (χ3n) is 11.8. The van der Waals surface area contributed by atoms with E-state index < -0.39 is 77.3 Å². The second kappa shape index (κ2) is 19.1. The van der Waals surface area contributed by atoms with Crippen molar-refractivity contribution in [2.45, 2.75) is 142 Å². The number of aromatic nitrogens is 1. The van der Waals surface area contributed by atoms with Gasteiger partial charge in [0.15, 0.2) is 12.1 Å². The zero-order chi connectivity index (χ0) is 42.5.